The van der Waals surface area contributed by atoms with Crippen LogP contribution in [0, 0.1) is 0 Å². The van der Waals surface area contributed by atoms with E-state index >= 15 is 0 Å². The Balaban J connectivity index is 1.98. The fourth-order valence-electron chi connectivity index (χ4n) is 2.93. The fraction of sp³-hybridized carbons (Fsp3) is 0.733. The topological polar surface area (TPSA) is 37.2 Å². The number of aryl methyl sites for hydroxylation is 2. The zero-order valence-corrected chi connectivity index (χ0v) is 11.5. The summed E-state index contributed by atoms with van der Waals surface area (Å²) >= 11 is 0. The zero-order valence-electron chi connectivity index (χ0n) is 11.5. The van der Waals surface area contributed by atoms with Crippen molar-refractivity contribution in [3.05, 3.63) is 23.5 Å². The van der Waals surface area contributed by atoms with E-state index in [0.29, 0.717) is 12.6 Å². The third kappa shape index (κ3) is 3.36. The highest BCUT2D eigenvalue weighted by Gasteiger charge is 2.18. The lowest BCUT2D eigenvalue weighted by Crippen LogP contribution is -2.15. The second-order valence-corrected chi connectivity index (χ2v) is 5.35. The van der Waals surface area contributed by atoms with Gasteiger partial charge in [0.15, 0.2) is 0 Å². The number of nitrogens with zero attached hydrogens (tertiary/aromatic N) is 1. The van der Waals surface area contributed by atoms with Crippen LogP contribution in [0.3, 0.4) is 0 Å². The van der Waals surface area contributed by atoms with Crippen molar-refractivity contribution in [3.63, 3.8) is 0 Å². The first-order chi connectivity index (χ1) is 8.85. The SMILES string of the molecule is CNC1CCCCc2cn(CCCCCO)cc21. The van der Waals surface area contributed by atoms with E-state index in [-0.39, 0.29) is 0 Å². The van der Waals surface area contributed by atoms with Crippen LogP contribution in [-0.4, -0.2) is 23.3 Å². The van der Waals surface area contributed by atoms with Crippen molar-refractivity contribution >= 4 is 0 Å². The predicted octanol–water partition coefficient (Wildman–Crippen LogP) is 2.64. The average Bonchev–Trinajstić information content (AvgIpc) is 2.69. The summed E-state index contributed by atoms with van der Waals surface area (Å²) in [5, 5.41) is 12.2. The fourth-order valence-corrected chi connectivity index (χ4v) is 2.93. The van der Waals surface area contributed by atoms with Crippen LogP contribution < -0.4 is 5.32 Å². The van der Waals surface area contributed by atoms with E-state index in [9.17, 15) is 0 Å². The summed E-state index contributed by atoms with van der Waals surface area (Å²) in [4.78, 5) is 0. The first kappa shape index (κ1) is 13.6. The summed E-state index contributed by atoms with van der Waals surface area (Å²) in [6.07, 6.45) is 13.0. The van der Waals surface area contributed by atoms with Gasteiger partial charge in [0.1, 0.15) is 0 Å². The first-order valence-electron chi connectivity index (χ1n) is 7.32. The van der Waals surface area contributed by atoms with E-state index in [2.05, 4.69) is 29.3 Å². The van der Waals surface area contributed by atoms with Crippen LogP contribution >= 0.6 is 0 Å². The van der Waals surface area contributed by atoms with Gasteiger partial charge in [-0.25, -0.2) is 0 Å². The lowest BCUT2D eigenvalue weighted by Gasteiger charge is -2.13. The number of aliphatic hydroxyl groups excluding tert-OH is 1. The lowest BCUT2D eigenvalue weighted by atomic mass is 10.1. The number of fused-ring (bicyclic) bond motifs is 1. The second-order valence-electron chi connectivity index (χ2n) is 5.35. The Labute approximate surface area is 110 Å². The molecule has 0 fully saturated rings. The van der Waals surface area contributed by atoms with Crippen LogP contribution in [-0.2, 0) is 13.0 Å². The second kappa shape index (κ2) is 6.95. The number of hydrogen-bond donors (Lipinski definition) is 2. The van der Waals surface area contributed by atoms with E-state index in [4.69, 9.17) is 5.11 Å². The van der Waals surface area contributed by atoms with Crippen LogP contribution in [0.4, 0.5) is 0 Å². The maximum Gasteiger partial charge on any atom is 0.0431 e. The molecule has 0 aromatic carbocycles. The van der Waals surface area contributed by atoms with E-state index < -0.39 is 0 Å². The minimum absolute atomic E-state index is 0.323. The van der Waals surface area contributed by atoms with Gasteiger partial charge >= 0.3 is 0 Å². The molecule has 0 saturated heterocycles. The van der Waals surface area contributed by atoms with Gasteiger partial charge in [0.05, 0.1) is 0 Å². The van der Waals surface area contributed by atoms with Crippen molar-refractivity contribution < 1.29 is 5.11 Å². The Kier molecular flexibility index (Phi) is 5.26. The summed E-state index contributed by atoms with van der Waals surface area (Å²) in [5.74, 6) is 0. The van der Waals surface area contributed by atoms with Crippen LogP contribution in [0.25, 0.3) is 0 Å². The molecule has 2 N–H and O–H groups in total. The molecule has 1 heterocycles. The number of rotatable bonds is 6. The lowest BCUT2D eigenvalue weighted by molar-refractivity contribution is 0.282. The number of nitrogens with one attached hydrogen (secondary N) is 1. The minimum Gasteiger partial charge on any atom is -0.396 e. The molecular formula is C15H26N2O. The van der Waals surface area contributed by atoms with Gasteiger partial charge in [-0.1, -0.05) is 6.42 Å². The summed E-state index contributed by atoms with van der Waals surface area (Å²) < 4.78 is 2.34. The Morgan fingerprint density at radius 3 is 2.94 bits per heavy atom. The Morgan fingerprint density at radius 2 is 2.17 bits per heavy atom. The first-order valence-corrected chi connectivity index (χ1v) is 7.32. The van der Waals surface area contributed by atoms with Gasteiger partial charge in [-0.3, -0.25) is 0 Å². The molecule has 1 unspecified atom stereocenters. The standard InChI is InChI=1S/C15H26N2O/c1-16-15-8-4-3-7-13-11-17(12-14(13)15)9-5-2-6-10-18/h11-12,15-16,18H,2-10H2,1H3. The van der Waals surface area contributed by atoms with Gasteiger partial charge < -0.3 is 15.0 Å². The molecule has 3 heteroatoms. The molecule has 0 aliphatic heterocycles. The normalized spacial score (nSPS) is 19.6. The number of aliphatic hydroxyl groups is 1. The third-order valence-electron chi connectivity index (χ3n) is 3.98. The van der Waals surface area contributed by atoms with Gasteiger partial charge in [0, 0.05) is 31.6 Å². The van der Waals surface area contributed by atoms with Gasteiger partial charge in [-0.15, -0.1) is 0 Å². The molecule has 0 bridgehead atoms. The highest BCUT2D eigenvalue weighted by molar-refractivity contribution is 5.29. The van der Waals surface area contributed by atoms with Gasteiger partial charge in [-0.05, 0) is 56.7 Å². The van der Waals surface area contributed by atoms with Crippen LogP contribution in [0.2, 0.25) is 0 Å². The molecule has 3 nitrogen and oxygen atoms in total. The summed E-state index contributed by atoms with van der Waals surface area (Å²) in [6, 6.07) is 0.543. The van der Waals surface area contributed by atoms with Crippen molar-refractivity contribution in [2.45, 2.75) is 57.5 Å². The average molecular weight is 250 g/mol. The quantitative estimate of drug-likeness (QED) is 0.601. The van der Waals surface area contributed by atoms with Crippen LogP contribution in [0.15, 0.2) is 12.4 Å². The molecule has 1 aromatic heterocycles. The molecule has 0 amide bonds. The Hall–Kier alpha value is -0.800. The molecule has 0 saturated carbocycles. The largest absolute Gasteiger partial charge is 0.396 e. The molecule has 2 rings (SSSR count). The number of hydrogen-bond acceptors (Lipinski definition) is 2. The molecule has 0 radical (unpaired) electrons. The van der Waals surface area contributed by atoms with Crippen molar-refractivity contribution in [3.8, 4) is 0 Å². The van der Waals surface area contributed by atoms with Crippen molar-refractivity contribution in [2.24, 2.45) is 0 Å². The molecule has 1 aromatic rings. The summed E-state index contributed by atoms with van der Waals surface area (Å²) in [7, 11) is 2.07. The molecule has 1 aliphatic carbocycles. The number of aromatic nitrogens is 1. The minimum atomic E-state index is 0.323. The number of unbranched alkanes of at least 4 members (excludes halogenated alkanes) is 2. The molecule has 18 heavy (non-hydrogen) atoms. The van der Waals surface area contributed by atoms with E-state index in [1.54, 1.807) is 0 Å². The zero-order chi connectivity index (χ0) is 12.8. The maximum atomic E-state index is 8.78. The van der Waals surface area contributed by atoms with E-state index in [1.807, 2.05) is 0 Å². The van der Waals surface area contributed by atoms with E-state index in [1.165, 1.54) is 43.2 Å². The van der Waals surface area contributed by atoms with Crippen molar-refractivity contribution in [1.29, 1.82) is 0 Å². The van der Waals surface area contributed by atoms with Crippen LogP contribution in [0.5, 0.6) is 0 Å². The predicted molar refractivity (Wildman–Crippen MR) is 74.7 cm³/mol. The smallest absolute Gasteiger partial charge is 0.0431 e. The van der Waals surface area contributed by atoms with Gasteiger partial charge in [0.25, 0.3) is 0 Å². The van der Waals surface area contributed by atoms with Gasteiger partial charge in [0.2, 0.25) is 0 Å². The van der Waals surface area contributed by atoms with Crippen molar-refractivity contribution in [1.82, 2.24) is 9.88 Å². The third-order valence-corrected chi connectivity index (χ3v) is 3.98. The van der Waals surface area contributed by atoms with Crippen molar-refractivity contribution in [2.75, 3.05) is 13.7 Å². The van der Waals surface area contributed by atoms with Gasteiger partial charge in [-0.2, -0.15) is 0 Å². The highest BCUT2D eigenvalue weighted by atomic mass is 16.2. The molecule has 102 valence electrons. The van der Waals surface area contributed by atoms with Crippen LogP contribution in [0.1, 0.15) is 55.7 Å². The monoisotopic (exact) mass is 250 g/mol. The summed E-state index contributed by atoms with van der Waals surface area (Å²) in [6.45, 7) is 1.41. The molecule has 0 spiro atoms. The highest BCUT2D eigenvalue weighted by Crippen LogP contribution is 2.29. The molecule has 1 atom stereocenters. The summed E-state index contributed by atoms with van der Waals surface area (Å²) in [5.41, 5.74) is 3.05. The maximum absolute atomic E-state index is 8.78. The van der Waals surface area contributed by atoms with E-state index in [0.717, 1.165) is 19.4 Å². The Morgan fingerprint density at radius 1 is 1.28 bits per heavy atom. The Bertz CT molecular complexity index is 359. The molecular weight excluding hydrogens is 224 g/mol. The molecule has 1 aliphatic rings.